The minimum Gasteiger partial charge on any atom is -0.355 e. The van der Waals surface area contributed by atoms with Gasteiger partial charge in [-0.05, 0) is 29.8 Å². The first kappa shape index (κ1) is 26.3. The van der Waals surface area contributed by atoms with Crippen LogP contribution in [0, 0.1) is 5.82 Å². The van der Waals surface area contributed by atoms with E-state index in [0.29, 0.717) is 38.7 Å². The highest BCUT2D eigenvalue weighted by atomic mass is 127. The number of anilines is 1. The first-order valence-electron chi connectivity index (χ1n) is 10.2. The zero-order valence-electron chi connectivity index (χ0n) is 18.3. The van der Waals surface area contributed by atoms with Gasteiger partial charge in [0.05, 0.1) is 5.75 Å². The van der Waals surface area contributed by atoms with Gasteiger partial charge in [-0.1, -0.05) is 18.2 Å². The van der Waals surface area contributed by atoms with Crippen molar-refractivity contribution < 1.29 is 12.8 Å². The van der Waals surface area contributed by atoms with Crippen molar-refractivity contribution in [2.45, 2.75) is 6.54 Å². The standard InChI is InChI=1S/C21H29FN6O2S.HI/c1-23-21(26(2)17-18-6-5-7-19(22)16-18)25-10-15-31(29,30)28-13-11-27(12-14-28)20-8-3-4-9-24-20;/h3-9,16H,10-15,17H2,1-2H3,(H,23,25);1H. The number of rotatable bonds is 7. The first-order chi connectivity index (χ1) is 14.9. The molecule has 3 rings (SSSR count). The number of piperazine rings is 1. The van der Waals surface area contributed by atoms with Gasteiger partial charge in [0.15, 0.2) is 5.96 Å². The van der Waals surface area contributed by atoms with Gasteiger partial charge in [-0.25, -0.2) is 17.8 Å². The van der Waals surface area contributed by atoms with Crippen LogP contribution in [0.2, 0.25) is 0 Å². The van der Waals surface area contributed by atoms with Gasteiger partial charge in [-0.3, -0.25) is 4.99 Å². The maximum Gasteiger partial charge on any atom is 0.215 e. The zero-order valence-corrected chi connectivity index (χ0v) is 21.5. The molecule has 1 aromatic carbocycles. The molecule has 0 amide bonds. The van der Waals surface area contributed by atoms with E-state index in [1.165, 1.54) is 16.4 Å². The predicted octanol–water partition coefficient (Wildman–Crippen LogP) is 2.00. The lowest BCUT2D eigenvalue weighted by atomic mass is 10.2. The summed E-state index contributed by atoms with van der Waals surface area (Å²) in [7, 11) is 0.0773. The molecule has 2 heterocycles. The van der Waals surface area contributed by atoms with Crippen LogP contribution in [0.1, 0.15) is 5.56 Å². The maximum absolute atomic E-state index is 13.4. The number of nitrogens with zero attached hydrogens (tertiary/aromatic N) is 5. The van der Waals surface area contributed by atoms with Crippen LogP contribution in [0.25, 0.3) is 0 Å². The molecular weight excluding hydrogens is 546 g/mol. The lowest BCUT2D eigenvalue weighted by Crippen LogP contribution is -2.50. The van der Waals surface area contributed by atoms with E-state index in [1.807, 2.05) is 36.2 Å². The van der Waals surface area contributed by atoms with Crippen molar-refractivity contribution in [3.8, 4) is 0 Å². The molecule has 1 aliphatic rings. The first-order valence-corrected chi connectivity index (χ1v) is 11.8. The quantitative estimate of drug-likeness (QED) is 0.309. The fraction of sp³-hybridized carbons (Fsp3) is 0.429. The average Bonchev–Trinajstić information content (AvgIpc) is 2.77. The normalized spacial score (nSPS) is 15.2. The summed E-state index contributed by atoms with van der Waals surface area (Å²) in [6.45, 7) is 2.80. The highest BCUT2D eigenvalue weighted by Crippen LogP contribution is 2.14. The molecule has 1 aromatic heterocycles. The summed E-state index contributed by atoms with van der Waals surface area (Å²) in [6, 6.07) is 12.1. The second kappa shape index (κ2) is 12.3. The Hall–Kier alpha value is -1.99. The number of aromatic nitrogens is 1. The van der Waals surface area contributed by atoms with Gasteiger partial charge in [-0.15, -0.1) is 24.0 Å². The number of benzene rings is 1. The number of pyridine rings is 1. The van der Waals surface area contributed by atoms with Gasteiger partial charge in [0, 0.05) is 59.6 Å². The molecule has 176 valence electrons. The Balaban J connectivity index is 0.00000363. The van der Waals surface area contributed by atoms with Gasteiger partial charge < -0.3 is 15.1 Å². The van der Waals surface area contributed by atoms with Crippen molar-refractivity contribution in [1.82, 2.24) is 19.5 Å². The van der Waals surface area contributed by atoms with Crippen LogP contribution in [0.15, 0.2) is 53.7 Å². The van der Waals surface area contributed by atoms with Gasteiger partial charge in [0.25, 0.3) is 0 Å². The van der Waals surface area contributed by atoms with E-state index in [2.05, 4.69) is 20.2 Å². The minimum atomic E-state index is -3.38. The molecule has 0 saturated carbocycles. The fourth-order valence-electron chi connectivity index (χ4n) is 3.53. The Morgan fingerprint density at radius 3 is 2.56 bits per heavy atom. The van der Waals surface area contributed by atoms with E-state index in [-0.39, 0.29) is 42.1 Å². The van der Waals surface area contributed by atoms with E-state index in [0.717, 1.165) is 11.4 Å². The molecule has 2 aromatic rings. The second-order valence-corrected chi connectivity index (χ2v) is 9.44. The highest BCUT2D eigenvalue weighted by Gasteiger charge is 2.27. The minimum absolute atomic E-state index is 0. The van der Waals surface area contributed by atoms with Crippen LogP contribution >= 0.6 is 24.0 Å². The summed E-state index contributed by atoms with van der Waals surface area (Å²) in [5, 5.41) is 3.09. The van der Waals surface area contributed by atoms with Crippen molar-refractivity contribution >= 4 is 45.8 Å². The molecule has 0 unspecified atom stereocenters. The molecule has 0 atom stereocenters. The summed E-state index contributed by atoms with van der Waals surface area (Å²) >= 11 is 0. The molecule has 8 nitrogen and oxygen atoms in total. The average molecular weight is 576 g/mol. The summed E-state index contributed by atoms with van der Waals surface area (Å²) in [6.07, 6.45) is 1.74. The Kier molecular flexibility index (Phi) is 10.1. The third-order valence-electron chi connectivity index (χ3n) is 5.13. The number of nitrogens with one attached hydrogen (secondary N) is 1. The third kappa shape index (κ3) is 7.27. The van der Waals surface area contributed by atoms with Gasteiger partial charge in [0.2, 0.25) is 10.0 Å². The maximum atomic E-state index is 13.4. The summed E-state index contributed by atoms with van der Waals surface area (Å²) in [5.74, 6) is 1.11. The molecule has 0 bridgehead atoms. The van der Waals surface area contributed by atoms with Crippen molar-refractivity contribution in [2.75, 3.05) is 57.5 Å². The molecule has 0 spiro atoms. The number of guanidine groups is 1. The number of sulfonamides is 1. The van der Waals surface area contributed by atoms with Crippen LogP contribution in [-0.4, -0.2) is 81.1 Å². The monoisotopic (exact) mass is 576 g/mol. The third-order valence-corrected chi connectivity index (χ3v) is 7.00. The smallest absolute Gasteiger partial charge is 0.215 e. The topological polar surface area (TPSA) is 81.1 Å². The Bertz CT molecular complexity index is 985. The molecule has 1 aliphatic heterocycles. The Morgan fingerprint density at radius 2 is 1.94 bits per heavy atom. The van der Waals surface area contributed by atoms with E-state index in [1.54, 1.807) is 19.3 Å². The molecule has 1 fully saturated rings. The fourth-order valence-corrected chi connectivity index (χ4v) is 4.86. The number of aliphatic imine (C=N–C) groups is 1. The van der Waals surface area contributed by atoms with Crippen molar-refractivity contribution in [3.05, 3.63) is 60.0 Å². The summed E-state index contributed by atoms with van der Waals surface area (Å²) < 4.78 is 40.4. The molecule has 11 heteroatoms. The number of halogens is 2. The SMILES string of the molecule is CN=C(NCCS(=O)(=O)N1CCN(c2ccccn2)CC1)N(C)Cc1cccc(F)c1.I. The molecule has 1 N–H and O–H groups in total. The molecule has 1 saturated heterocycles. The van der Waals surface area contributed by atoms with Gasteiger partial charge >= 0.3 is 0 Å². The van der Waals surface area contributed by atoms with Gasteiger partial charge in [0.1, 0.15) is 11.6 Å². The zero-order chi connectivity index (χ0) is 22.3. The predicted molar refractivity (Wildman–Crippen MR) is 136 cm³/mol. The molecule has 0 radical (unpaired) electrons. The molecule has 0 aliphatic carbocycles. The van der Waals surface area contributed by atoms with E-state index in [9.17, 15) is 12.8 Å². The van der Waals surface area contributed by atoms with Crippen molar-refractivity contribution in [1.29, 1.82) is 0 Å². The lowest BCUT2D eigenvalue weighted by Gasteiger charge is -2.34. The van der Waals surface area contributed by atoms with Crippen molar-refractivity contribution in [2.24, 2.45) is 4.99 Å². The van der Waals surface area contributed by atoms with Crippen molar-refractivity contribution in [3.63, 3.8) is 0 Å². The van der Waals surface area contributed by atoms with Crippen LogP contribution in [0.5, 0.6) is 0 Å². The van der Waals surface area contributed by atoms with Crippen LogP contribution in [0.3, 0.4) is 0 Å². The van der Waals surface area contributed by atoms with Crippen LogP contribution in [-0.2, 0) is 16.6 Å². The van der Waals surface area contributed by atoms with Gasteiger partial charge in [-0.2, -0.15) is 4.31 Å². The summed E-state index contributed by atoms with van der Waals surface area (Å²) in [4.78, 5) is 12.4. The molecule has 32 heavy (non-hydrogen) atoms. The van der Waals surface area contributed by atoms with E-state index >= 15 is 0 Å². The largest absolute Gasteiger partial charge is 0.355 e. The Labute approximate surface area is 206 Å². The molecular formula is C21H30FIN6O2S. The van der Waals surface area contributed by atoms with Crippen LogP contribution in [0.4, 0.5) is 10.2 Å². The summed E-state index contributed by atoms with van der Waals surface area (Å²) in [5.41, 5.74) is 0.809. The lowest BCUT2D eigenvalue weighted by molar-refractivity contribution is 0.383. The van der Waals surface area contributed by atoms with E-state index in [4.69, 9.17) is 0 Å². The second-order valence-electron chi connectivity index (χ2n) is 7.35. The number of hydrogen-bond acceptors (Lipinski definition) is 5. The van der Waals surface area contributed by atoms with E-state index < -0.39 is 10.0 Å². The Morgan fingerprint density at radius 1 is 1.19 bits per heavy atom. The number of hydrogen-bond donors (Lipinski definition) is 1. The highest BCUT2D eigenvalue weighted by molar-refractivity contribution is 14.0. The van der Waals surface area contributed by atoms with Crippen LogP contribution < -0.4 is 10.2 Å².